The molecule has 0 fully saturated rings. The van der Waals surface area contributed by atoms with Crippen LogP contribution in [0.15, 0.2) is 0 Å². The Balaban J connectivity index is 0. The molecule has 0 radical (unpaired) electrons. The van der Waals surface area contributed by atoms with Gasteiger partial charge in [0.2, 0.25) is 0 Å². The summed E-state index contributed by atoms with van der Waals surface area (Å²) in [5, 5.41) is 0. The zero-order valence-electron chi connectivity index (χ0n) is 2.41. The Morgan fingerprint density at radius 1 is 0.600 bits per heavy atom. The summed E-state index contributed by atoms with van der Waals surface area (Å²) >= 11 is 0. The minimum atomic E-state index is 0. The van der Waals surface area contributed by atoms with Gasteiger partial charge in [-0.2, -0.15) is 0 Å². The second-order valence-electron chi connectivity index (χ2n) is 0. The molecule has 0 saturated heterocycles. The Morgan fingerprint density at radius 3 is 0.600 bits per heavy atom. The van der Waals surface area contributed by atoms with Gasteiger partial charge in [0.1, 0.15) is 0 Å². The van der Waals surface area contributed by atoms with E-state index >= 15 is 0 Å². The van der Waals surface area contributed by atoms with Crippen molar-refractivity contribution >= 4 is 16.8 Å². The second kappa shape index (κ2) is 36.1. The van der Waals surface area contributed by atoms with Crippen molar-refractivity contribution in [3.63, 3.8) is 0 Å². The van der Waals surface area contributed by atoms with Crippen molar-refractivity contribution in [2.24, 2.45) is 0 Å². The van der Waals surface area contributed by atoms with E-state index in [0.29, 0.717) is 0 Å². The van der Waals surface area contributed by atoms with Crippen LogP contribution < -0.4 is 59.1 Å². The molecule has 5 heteroatoms. The maximum absolute atomic E-state index is 0. The maximum atomic E-state index is 0. The van der Waals surface area contributed by atoms with Gasteiger partial charge in [0, 0.05) is 0 Å². The van der Waals surface area contributed by atoms with Crippen LogP contribution in [-0.4, -0.2) is 16.8 Å². The molecule has 0 spiro atoms. The van der Waals surface area contributed by atoms with Crippen LogP contribution in [0.25, 0.3) is 0 Å². The van der Waals surface area contributed by atoms with Crippen molar-refractivity contribution in [2.45, 2.75) is 0 Å². The van der Waals surface area contributed by atoms with Crippen LogP contribution in [0, 0.1) is 0 Å². The van der Waals surface area contributed by atoms with Crippen LogP contribution in [0.5, 0.6) is 0 Å². The molecule has 20 valence electrons. The van der Waals surface area contributed by atoms with Crippen LogP contribution in [0.3, 0.4) is 0 Å². The van der Waals surface area contributed by atoms with Crippen molar-refractivity contribution in [3.05, 3.63) is 0 Å². The fraction of sp³-hybridized carbons (Fsp3) is 0. The standard InChI is InChI=1S/2BH3.2Na.O/h2*1H3;;;/q;;2*+1;-2. The summed E-state index contributed by atoms with van der Waals surface area (Å²) in [5.74, 6) is 0. The minimum Gasteiger partial charge on any atom is -2.00 e. The molecule has 0 aromatic heterocycles. The smallest absolute Gasteiger partial charge is 1.00 e. The van der Waals surface area contributed by atoms with Gasteiger partial charge < -0.3 is 5.48 Å². The van der Waals surface area contributed by atoms with Crippen LogP contribution >= 0.6 is 0 Å². The molecule has 1 nitrogen and oxygen atoms in total. The third kappa shape index (κ3) is 23.3. The SMILES string of the molecule is B.B.[Na+].[Na+].[O-2]. The number of hydrogen-bond acceptors (Lipinski definition) is 0. The second-order valence-corrected chi connectivity index (χ2v) is 0. The first-order valence-electron chi connectivity index (χ1n) is 0. The van der Waals surface area contributed by atoms with Crippen molar-refractivity contribution in [1.29, 1.82) is 0 Å². The van der Waals surface area contributed by atoms with E-state index in [1.54, 1.807) is 0 Å². The molecule has 0 aliphatic rings. The zero-order chi connectivity index (χ0) is 0. The third-order valence-corrected chi connectivity index (χ3v) is 0. The fourth-order valence-corrected chi connectivity index (χ4v) is 0. The first-order valence-corrected chi connectivity index (χ1v) is 0. The summed E-state index contributed by atoms with van der Waals surface area (Å²) in [6, 6.07) is 0. The van der Waals surface area contributed by atoms with Crippen molar-refractivity contribution in [3.8, 4) is 0 Å². The Kier molecular flexibility index (Phi) is 435. The van der Waals surface area contributed by atoms with Gasteiger partial charge >= 0.3 is 59.1 Å². The molecule has 0 aliphatic heterocycles. The average Bonchev–Trinajstić information content (AvgIpc) is 0. The molecule has 0 saturated carbocycles. The monoisotopic (exact) mass is 90.0 g/mol. The minimum absolute atomic E-state index is 0. The molecule has 0 unspecified atom stereocenters. The first-order chi connectivity index (χ1) is 0. The van der Waals surface area contributed by atoms with Gasteiger partial charge in [-0.05, 0) is 0 Å². The fourth-order valence-electron chi connectivity index (χ4n) is 0. The van der Waals surface area contributed by atoms with E-state index in [1.807, 2.05) is 0 Å². The van der Waals surface area contributed by atoms with Crippen LogP contribution in [-0.2, 0) is 5.48 Å². The zero-order valence-corrected chi connectivity index (χ0v) is 6.41. The molecule has 0 aromatic carbocycles. The summed E-state index contributed by atoms with van der Waals surface area (Å²) in [7, 11) is 0. The van der Waals surface area contributed by atoms with Gasteiger partial charge in [-0.25, -0.2) is 0 Å². The Hall–Kier alpha value is 2.09. The molecule has 5 heavy (non-hydrogen) atoms. The Bertz CT molecular complexity index is 7.61. The maximum Gasteiger partial charge on any atom is 1.00 e. The normalized spacial score (nSPS) is 0. The molecule has 0 heterocycles. The van der Waals surface area contributed by atoms with E-state index in [-0.39, 0.29) is 81.4 Å². The topological polar surface area (TPSA) is 28.5 Å². The summed E-state index contributed by atoms with van der Waals surface area (Å²) in [5.41, 5.74) is 0. The van der Waals surface area contributed by atoms with E-state index in [9.17, 15) is 0 Å². The molecule has 0 rings (SSSR count). The van der Waals surface area contributed by atoms with Crippen molar-refractivity contribution < 1.29 is 64.6 Å². The summed E-state index contributed by atoms with van der Waals surface area (Å²) < 4.78 is 0. The molecule has 0 aliphatic carbocycles. The van der Waals surface area contributed by atoms with Crippen LogP contribution in [0.4, 0.5) is 0 Å². The molecule has 0 bridgehead atoms. The largest absolute Gasteiger partial charge is 2.00 e. The van der Waals surface area contributed by atoms with Crippen molar-refractivity contribution in [2.75, 3.05) is 0 Å². The van der Waals surface area contributed by atoms with Gasteiger partial charge in [0.15, 0.2) is 0 Å². The van der Waals surface area contributed by atoms with E-state index in [2.05, 4.69) is 0 Å². The molecule has 0 atom stereocenters. The van der Waals surface area contributed by atoms with Gasteiger partial charge in [0.05, 0.1) is 16.8 Å². The van der Waals surface area contributed by atoms with Gasteiger partial charge in [-0.15, -0.1) is 0 Å². The van der Waals surface area contributed by atoms with Gasteiger partial charge in [-0.1, -0.05) is 0 Å². The number of hydrogen-bond donors (Lipinski definition) is 0. The van der Waals surface area contributed by atoms with Gasteiger partial charge in [0.25, 0.3) is 0 Å². The Morgan fingerprint density at radius 2 is 0.600 bits per heavy atom. The van der Waals surface area contributed by atoms with Crippen molar-refractivity contribution in [1.82, 2.24) is 0 Å². The summed E-state index contributed by atoms with van der Waals surface area (Å²) in [6.07, 6.45) is 0. The summed E-state index contributed by atoms with van der Waals surface area (Å²) in [6.45, 7) is 0. The van der Waals surface area contributed by atoms with E-state index in [1.165, 1.54) is 0 Å². The molecule has 0 amide bonds. The summed E-state index contributed by atoms with van der Waals surface area (Å²) in [4.78, 5) is 0. The predicted octanol–water partition coefficient (Wildman–Crippen LogP) is -8.48. The van der Waals surface area contributed by atoms with E-state index in [0.717, 1.165) is 0 Å². The third-order valence-electron chi connectivity index (χ3n) is 0. The van der Waals surface area contributed by atoms with Gasteiger partial charge in [-0.3, -0.25) is 0 Å². The Labute approximate surface area is 80.3 Å². The quantitative estimate of drug-likeness (QED) is 0.264. The molecular weight excluding hydrogens is 83.6 g/mol. The van der Waals surface area contributed by atoms with Crippen LogP contribution in [0.2, 0.25) is 0 Å². The molecule has 0 aromatic rings. The number of rotatable bonds is 0. The predicted molar refractivity (Wildman–Crippen MR) is 20.6 cm³/mol. The van der Waals surface area contributed by atoms with E-state index < -0.39 is 0 Å². The van der Waals surface area contributed by atoms with Crippen LogP contribution in [0.1, 0.15) is 0 Å². The molecule has 0 N–H and O–H groups in total. The average molecular weight is 89.7 g/mol. The molecular formula is H6B2Na2O. The van der Waals surface area contributed by atoms with E-state index in [4.69, 9.17) is 0 Å². The first kappa shape index (κ1) is 60.2.